The van der Waals surface area contributed by atoms with Crippen LogP contribution < -0.4 is 0 Å². The van der Waals surface area contributed by atoms with E-state index < -0.39 is 22.4 Å². The molecule has 1 aliphatic rings. The van der Waals surface area contributed by atoms with Crippen LogP contribution in [0.4, 0.5) is 18.9 Å². The van der Waals surface area contributed by atoms with E-state index >= 15 is 0 Å². The number of ether oxygens (including phenoxy) is 1. The average Bonchev–Trinajstić information content (AvgIpc) is 3.44. The fraction of sp³-hybridized carbons (Fsp3) is 0.333. The normalized spacial score (nSPS) is 16.8. The summed E-state index contributed by atoms with van der Waals surface area (Å²) in [6.07, 6.45) is -3.04. The number of benzene rings is 1. The van der Waals surface area contributed by atoms with Crippen LogP contribution in [0.1, 0.15) is 18.4 Å². The molecule has 2 aromatic heterocycles. The Morgan fingerprint density at radius 2 is 2.17 bits per heavy atom. The summed E-state index contributed by atoms with van der Waals surface area (Å²) in [4.78, 5) is 11.0. The lowest BCUT2D eigenvalue weighted by Gasteiger charge is -2.14. The maximum Gasteiger partial charge on any atom is 0.423 e. The van der Waals surface area contributed by atoms with E-state index in [-0.39, 0.29) is 11.0 Å². The molecule has 158 valence electrons. The Morgan fingerprint density at radius 1 is 1.33 bits per heavy atom. The van der Waals surface area contributed by atoms with E-state index in [1.54, 1.807) is 0 Å². The van der Waals surface area contributed by atoms with Crippen LogP contribution in [0, 0.1) is 10.1 Å². The number of halogens is 3. The van der Waals surface area contributed by atoms with Gasteiger partial charge in [-0.3, -0.25) is 14.7 Å². The molecule has 0 aliphatic carbocycles. The zero-order valence-electron chi connectivity index (χ0n) is 15.3. The maximum atomic E-state index is 13.3. The van der Waals surface area contributed by atoms with Crippen LogP contribution in [0.2, 0.25) is 0 Å². The lowest BCUT2D eigenvalue weighted by Crippen LogP contribution is -2.16. The number of hydrogen-bond acceptors (Lipinski definition) is 7. The number of nitro groups is 1. The predicted molar refractivity (Wildman–Crippen MR) is 105 cm³/mol. The van der Waals surface area contributed by atoms with Crippen molar-refractivity contribution in [3.05, 3.63) is 51.4 Å². The molecule has 0 spiro atoms. The van der Waals surface area contributed by atoms with E-state index in [1.165, 1.54) is 17.4 Å². The molecule has 0 saturated carbocycles. The lowest BCUT2D eigenvalue weighted by molar-refractivity contribution is -0.388. The Morgan fingerprint density at radius 3 is 2.80 bits per heavy atom. The summed E-state index contributed by atoms with van der Waals surface area (Å²) >= 11 is 2.46. The molecule has 7 nitrogen and oxygen atoms in total. The molecule has 0 bridgehead atoms. The largest absolute Gasteiger partial charge is 0.423 e. The standard InChI is InChI=1S/C18H15F3N4O3S2/c19-18(20,21)13-9-12(5-6-14(13)25(26)27)30-17-23-22-16(15-4-2-8-29-15)24(17)10-11-3-1-7-28-11/h2,4-6,8-9,11H,1,3,7,10H2. The fourth-order valence-corrected chi connectivity index (χ4v) is 4.77. The summed E-state index contributed by atoms with van der Waals surface area (Å²) in [5.74, 6) is 0.612. The summed E-state index contributed by atoms with van der Waals surface area (Å²) in [6, 6.07) is 6.70. The van der Waals surface area contributed by atoms with Crippen molar-refractivity contribution in [1.29, 1.82) is 0 Å². The number of thiophene rings is 1. The predicted octanol–water partition coefficient (Wildman–Crippen LogP) is 5.26. The Bertz CT molecular complexity index is 1050. The van der Waals surface area contributed by atoms with E-state index in [2.05, 4.69) is 10.2 Å². The van der Waals surface area contributed by atoms with Crippen LogP contribution in [0.5, 0.6) is 0 Å². The van der Waals surface area contributed by atoms with E-state index in [0.717, 1.165) is 41.6 Å². The second-order valence-corrected chi connectivity index (χ2v) is 8.55. The van der Waals surface area contributed by atoms with Gasteiger partial charge in [-0.15, -0.1) is 21.5 Å². The van der Waals surface area contributed by atoms with Crippen LogP contribution in [0.15, 0.2) is 45.8 Å². The van der Waals surface area contributed by atoms with Gasteiger partial charge in [0, 0.05) is 17.6 Å². The number of hydrogen-bond donors (Lipinski definition) is 0. The summed E-state index contributed by atoms with van der Waals surface area (Å²) in [6.45, 7) is 1.14. The lowest BCUT2D eigenvalue weighted by atomic mass is 10.2. The third-order valence-electron chi connectivity index (χ3n) is 4.55. The highest BCUT2D eigenvalue weighted by atomic mass is 32.2. The molecule has 1 aliphatic heterocycles. The van der Waals surface area contributed by atoms with Crippen molar-refractivity contribution in [1.82, 2.24) is 14.8 Å². The van der Waals surface area contributed by atoms with Gasteiger partial charge in [0.25, 0.3) is 5.69 Å². The van der Waals surface area contributed by atoms with Gasteiger partial charge < -0.3 is 4.74 Å². The highest BCUT2D eigenvalue weighted by molar-refractivity contribution is 7.99. The van der Waals surface area contributed by atoms with Crippen molar-refractivity contribution in [2.24, 2.45) is 0 Å². The molecule has 1 fully saturated rings. The van der Waals surface area contributed by atoms with Gasteiger partial charge in [0.15, 0.2) is 11.0 Å². The first-order valence-corrected chi connectivity index (χ1v) is 10.6. The molecule has 1 atom stereocenters. The summed E-state index contributed by atoms with van der Waals surface area (Å²) < 4.78 is 47.5. The number of aromatic nitrogens is 3. The minimum atomic E-state index is -4.84. The van der Waals surface area contributed by atoms with Crippen molar-refractivity contribution in [2.45, 2.75) is 41.7 Å². The molecule has 0 radical (unpaired) electrons. The molecule has 1 aromatic carbocycles. The summed E-state index contributed by atoms with van der Waals surface area (Å²) in [7, 11) is 0. The van der Waals surface area contributed by atoms with Crippen LogP contribution in [-0.4, -0.2) is 32.4 Å². The Kier molecular flexibility index (Phi) is 5.80. The molecule has 3 aromatic rings. The topological polar surface area (TPSA) is 83.1 Å². The Labute approximate surface area is 177 Å². The Hall–Kier alpha value is -2.44. The van der Waals surface area contributed by atoms with Crippen LogP contribution >= 0.6 is 23.1 Å². The van der Waals surface area contributed by atoms with Gasteiger partial charge in [-0.05, 0) is 48.2 Å². The van der Waals surface area contributed by atoms with Gasteiger partial charge in [-0.2, -0.15) is 13.2 Å². The second kappa shape index (κ2) is 8.36. The van der Waals surface area contributed by atoms with Gasteiger partial charge in [0.1, 0.15) is 5.56 Å². The molecular formula is C18H15F3N4O3S2. The smallest absolute Gasteiger partial charge is 0.376 e. The molecule has 1 saturated heterocycles. The molecule has 12 heteroatoms. The second-order valence-electron chi connectivity index (χ2n) is 6.57. The first-order valence-electron chi connectivity index (χ1n) is 8.95. The van der Waals surface area contributed by atoms with E-state index in [4.69, 9.17) is 4.74 Å². The zero-order valence-corrected chi connectivity index (χ0v) is 17.0. The van der Waals surface area contributed by atoms with Crippen molar-refractivity contribution in [3.63, 3.8) is 0 Å². The van der Waals surface area contributed by atoms with Gasteiger partial charge in [-0.1, -0.05) is 6.07 Å². The third-order valence-corrected chi connectivity index (χ3v) is 6.39. The van der Waals surface area contributed by atoms with Gasteiger partial charge in [-0.25, -0.2) is 0 Å². The van der Waals surface area contributed by atoms with Crippen molar-refractivity contribution in [3.8, 4) is 10.7 Å². The van der Waals surface area contributed by atoms with E-state index in [9.17, 15) is 23.3 Å². The highest BCUT2D eigenvalue weighted by Crippen LogP contribution is 2.40. The SMILES string of the molecule is O=[N+]([O-])c1ccc(Sc2nnc(-c3cccs3)n2CC2CCCO2)cc1C(F)(F)F. The van der Waals surface area contributed by atoms with Gasteiger partial charge in [0.2, 0.25) is 0 Å². The van der Waals surface area contributed by atoms with E-state index in [1.807, 2.05) is 22.1 Å². The minimum Gasteiger partial charge on any atom is -0.376 e. The average molecular weight is 456 g/mol. The van der Waals surface area contributed by atoms with Crippen LogP contribution in [0.3, 0.4) is 0 Å². The highest BCUT2D eigenvalue weighted by Gasteiger charge is 2.38. The van der Waals surface area contributed by atoms with Gasteiger partial charge in [0.05, 0.1) is 22.4 Å². The summed E-state index contributed by atoms with van der Waals surface area (Å²) in [5.41, 5.74) is -2.27. The molecule has 30 heavy (non-hydrogen) atoms. The molecule has 0 N–H and O–H groups in total. The molecule has 4 rings (SSSR count). The quantitative estimate of drug-likeness (QED) is 0.372. The summed E-state index contributed by atoms with van der Waals surface area (Å²) in [5, 5.41) is 21.7. The first-order chi connectivity index (χ1) is 14.3. The van der Waals surface area contributed by atoms with E-state index in [0.29, 0.717) is 24.1 Å². The molecule has 1 unspecified atom stereocenters. The Balaban J connectivity index is 1.70. The van der Waals surface area contributed by atoms with Crippen molar-refractivity contribution < 1.29 is 22.8 Å². The third kappa shape index (κ3) is 4.35. The number of alkyl halides is 3. The number of nitrogens with zero attached hydrogens (tertiary/aromatic N) is 4. The fourth-order valence-electron chi connectivity index (χ4n) is 3.18. The maximum absolute atomic E-state index is 13.3. The van der Waals surface area contributed by atoms with Gasteiger partial charge >= 0.3 is 6.18 Å². The molecule has 3 heterocycles. The van der Waals surface area contributed by atoms with Crippen LogP contribution in [-0.2, 0) is 17.5 Å². The molecule has 0 amide bonds. The first kappa shape index (κ1) is 20.8. The van der Waals surface area contributed by atoms with Crippen molar-refractivity contribution in [2.75, 3.05) is 6.61 Å². The monoisotopic (exact) mass is 456 g/mol. The number of rotatable bonds is 6. The van der Waals surface area contributed by atoms with Crippen molar-refractivity contribution >= 4 is 28.8 Å². The van der Waals surface area contributed by atoms with Crippen LogP contribution in [0.25, 0.3) is 10.7 Å². The number of nitro benzene ring substituents is 1. The zero-order chi connectivity index (χ0) is 21.3. The minimum absolute atomic E-state index is 0.0262. The molecular weight excluding hydrogens is 441 g/mol.